The first-order valence-electron chi connectivity index (χ1n) is 11.8. The second-order valence-corrected chi connectivity index (χ2v) is 10.5. The lowest BCUT2D eigenvalue weighted by molar-refractivity contribution is -0.0154. The van der Waals surface area contributed by atoms with Crippen molar-refractivity contribution >= 4 is 17.4 Å². The summed E-state index contributed by atoms with van der Waals surface area (Å²) in [4.78, 5) is 25.7. The number of ketones is 1. The fraction of sp³-hybridized carbons (Fsp3) is 0.357. The average Bonchev–Trinajstić information content (AvgIpc) is 3.38. The van der Waals surface area contributed by atoms with Crippen molar-refractivity contribution in [1.29, 1.82) is 0 Å². The number of anilines is 1. The Morgan fingerprint density at radius 3 is 2.19 bits per heavy atom. The second kappa shape index (κ2) is 6.44. The van der Waals surface area contributed by atoms with Gasteiger partial charge in [0.15, 0.2) is 11.5 Å². The maximum absolute atomic E-state index is 13.0. The zero-order chi connectivity index (χ0) is 21.4. The van der Waals surface area contributed by atoms with Crippen molar-refractivity contribution in [2.75, 3.05) is 5.32 Å². The Kier molecular flexibility index (Phi) is 3.71. The predicted octanol–water partition coefficient (Wildman–Crippen LogP) is 6.21. The molecule has 0 spiro atoms. The summed E-state index contributed by atoms with van der Waals surface area (Å²) < 4.78 is 6.19. The normalized spacial score (nSPS) is 29.1. The number of fused-ring (bicyclic) bond motifs is 3. The van der Waals surface area contributed by atoms with Crippen molar-refractivity contribution in [3.8, 4) is 11.1 Å². The van der Waals surface area contributed by atoms with E-state index >= 15 is 0 Å². The van der Waals surface area contributed by atoms with Gasteiger partial charge >= 0.3 is 0 Å². The fourth-order valence-corrected chi connectivity index (χ4v) is 7.46. The van der Waals surface area contributed by atoms with Crippen LogP contribution in [0.2, 0.25) is 0 Å². The van der Waals surface area contributed by atoms with Crippen molar-refractivity contribution in [3.05, 3.63) is 77.2 Å². The molecule has 5 aliphatic carbocycles. The Bertz CT molecular complexity index is 1250. The van der Waals surface area contributed by atoms with Crippen LogP contribution in [0, 0.1) is 17.8 Å². The molecule has 0 aliphatic heterocycles. The van der Waals surface area contributed by atoms with Crippen molar-refractivity contribution in [2.24, 2.45) is 17.8 Å². The van der Waals surface area contributed by atoms with Crippen LogP contribution in [0.5, 0.6) is 0 Å². The van der Waals surface area contributed by atoms with Crippen LogP contribution in [0.1, 0.15) is 70.8 Å². The summed E-state index contributed by atoms with van der Waals surface area (Å²) in [5.41, 5.74) is 3.99. The molecule has 4 bridgehead atoms. The van der Waals surface area contributed by atoms with E-state index in [1.807, 2.05) is 48.5 Å². The predicted molar refractivity (Wildman–Crippen MR) is 122 cm³/mol. The number of carbonyl (C=O) groups excluding carboxylic acids is 2. The van der Waals surface area contributed by atoms with E-state index in [9.17, 15) is 9.59 Å². The van der Waals surface area contributed by atoms with Crippen molar-refractivity contribution in [1.82, 2.24) is 0 Å². The van der Waals surface area contributed by atoms with Crippen molar-refractivity contribution in [3.63, 3.8) is 0 Å². The van der Waals surface area contributed by atoms with E-state index in [-0.39, 0.29) is 17.1 Å². The number of benzene rings is 2. The molecule has 2 aromatic carbocycles. The molecule has 0 saturated heterocycles. The van der Waals surface area contributed by atoms with Crippen molar-refractivity contribution < 1.29 is 14.0 Å². The van der Waals surface area contributed by atoms with Gasteiger partial charge in [0.25, 0.3) is 5.91 Å². The smallest absolute Gasteiger partial charge is 0.291 e. The Morgan fingerprint density at radius 2 is 1.47 bits per heavy atom. The maximum atomic E-state index is 13.0. The first kappa shape index (κ1) is 18.4. The van der Waals surface area contributed by atoms with Crippen LogP contribution in [0.4, 0.5) is 5.69 Å². The van der Waals surface area contributed by atoms with Crippen LogP contribution in [-0.4, -0.2) is 11.7 Å². The largest absolute Gasteiger partial charge is 0.455 e. The number of carbonyl (C=O) groups is 2. The molecular formula is C28H25NO3. The minimum atomic E-state index is -0.260. The van der Waals surface area contributed by atoms with E-state index < -0.39 is 0 Å². The summed E-state index contributed by atoms with van der Waals surface area (Å²) in [6, 6.07) is 17.0. The second-order valence-electron chi connectivity index (χ2n) is 10.5. The van der Waals surface area contributed by atoms with E-state index in [1.165, 1.54) is 38.5 Å². The van der Waals surface area contributed by atoms with Gasteiger partial charge in [-0.15, -0.1) is 0 Å². The molecule has 1 N–H and O–H groups in total. The Balaban J connectivity index is 1.14. The third kappa shape index (κ3) is 2.62. The molecular weight excluding hydrogens is 398 g/mol. The zero-order valence-electron chi connectivity index (χ0n) is 17.9. The third-order valence-corrected chi connectivity index (χ3v) is 8.37. The van der Waals surface area contributed by atoms with E-state index in [0.29, 0.717) is 17.0 Å². The summed E-state index contributed by atoms with van der Waals surface area (Å²) in [7, 11) is 0. The van der Waals surface area contributed by atoms with E-state index in [1.54, 1.807) is 6.07 Å². The van der Waals surface area contributed by atoms with E-state index in [4.69, 9.17) is 4.42 Å². The SMILES string of the molecule is O=C(Nc1ccc2c(c1)C(=O)c1ccccc1-2)c1ccc(C23CC4CC(CC(C4)C2)C3)o1. The molecule has 160 valence electrons. The molecule has 4 fully saturated rings. The lowest BCUT2D eigenvalue weighted by atomic mass is 9.49. The molecule has 4 heteroatoms. The molecule has 1 amide bonds. The van der Waals surface area contributed by atoms with Crippen LogP contribution >= 0.6 is 0 Å². The first-order valence-corrected chi connectivity index (χ1v) is 11.8. The van der Waals surface area contributed by atoms with Gasteiger partial charge in [0.05, 0.1) is 0 Å². The summed E-state index contributed by atoms with van der Waals surface area (Å²) in [6.07, 6.45) is 7.78. The van der Waals surface area contributed by atoms with Gasteiger partial charge in [0, 0.05) is 22.2 Å². The Hall–Kier alpha value is -3.14. The zero-order valence-corrected chi connectivity index (χ0v) is 17.9. The molecule has 5 aliphatic rings. The van der Waals surface area contributed by atoms with Crippen LogP contribution in [0.3, 0.4) is 0 Å². The number of rotatable bonds is 3. The van der Waals surface area contributed by atoms with E-state index in [2.05, 4.69) is 5.32 Å². The van der Waals surface area contributed by atoms with Crippen LogP contribution in [-0.2, 0) is 5.41 Å². The standard InChI is InChI=1S/C28H25NO3/c30-26-22-4-2-1-3-20(22)21-6-5-19(12-23(21)26)29-27(31)24-7-8-25(32-24)28-13-16-9-17(14-28)11-18(10-16)15-28/h1-8,12,16-18H,9-11,13-15H2,(H,29,31). The summed E-state index contributed by atoms with van der Waals surface area (Å²) in [5.74, 6) is 3.59. The van der Waals surface area contributed by atoms with Gasteiger partial charge in [-0.3, -0.25) is 9.59 Å². The molecule has 1 aromatic heterocycles. The van der Waals surface area contributed by atoms with Crippen LogP contribution in [0.25, 0.3) is 11.1 Å². The molecule has 32 heavy (non-hydrogen) atoms. The minimum absolute atomic E-state index is 0.00815. The van der Waals surface area contributed by atoms with Crippen LogP contribution < -0.4 is 5.32 Å². The number of nitrogens with one attached hydrogen (secondary N) is 1. The summed E-state index contributed by atoms with van der Waals surface area (Å²) in [5, 5.41) is 2.94. The number of hydrogen-bond donors (Lipinski definition) is 1. The molecule has 3 aromatic rings. The molecule has 8 rings (SSSR count). The molecule has 0 radical (unpaired) electrons. The number of hydrogen-bond acceptors (Lipinski definition) is 3. The van der Waals surface area contributed by atoms with Gasteiger partial charge in [-0.2, -0.15) is 0 Å². The van der Waals surface area contributed by atoms with Gasteiger partial charge in [-0.25, -0.2) is 0 Å². The molecule has 4 nitrogen and oxygen atoms in total. The summed E-state index contributed by atoms with van der Waals surface area (Å²) in [6.45, 7) is 0. The first-order chi connectivity index (χ1) is 15.6. The van der Waals surface area contributed by atoms with Crippen LogP contribution in [0.15, 0.2) is 59.0 Å². The van der Waals surface area contributed by atoms with E-state index in [0.717, 1.165) is 40.2 Å². The lowest BCUT2D eigenvalue weighted by Crippen LogP contribution is -2.48. The Morgan fingerprint density at radius 1 is 0.812 bits per heavy atom. The molecule has 1 heterocycles. The topological polar surface area (TPSA) is 59.3 Å². The van der Waals surface area contributed by atoms with Gasteiger partial charge in [-0.1, -0.05) is 30.3 Å². The third-order valence-electron chi connectivity index (χ3n) is 8.37. The highest BCUT2D eigenvalue weighted by Crippen LogP contribution is 2.60. The average molecular weight is 424 g/mol. The quantitative estimate of drug-likeness (QED) is 0.426. The maximum Gasteiger partial charge on any atom is 0.291 e. The van der Waals surface area contributed by atoms with Gasteiger partial charge < -0.3 is 9.73 Å². The lowest BCUT2D eigenvalue weighted by Gasteiger charge is -2.55. The van der Waals surface area contributed by atoms with Gasteiger partial charge in [-0.05, 0) is 91.7 Å². The molecule has 4 saturated carbocycles. The highest BCUT2D eigenvalue weighted by molar-refractivity contribution is 6.22. The Labute approximate surface area is 187 Å². The molecule has 0 unspecified atom stereocenters. The number of amides is 1. The monoisotopic (exact) mass is 423 g/mol. The minimum Gasteiger partial charge on any atom is -0.455 e. The van der Waals surface area contributed by atoms with Crippen molar-refractivity contribution in [2.45, 2.75) is 43.9 Å². The molecule has 0 atom stereocenters. The highest BCUT2D eigenvalue weighted by Gasteiger charge is 2.53. The fourth-order valence-electron chi connectivity index (χ4n) is 7.46. The summed E-state index contributed by atoms with van der Waals surface area (Å²) >= 11 is 0. The highest BCUT2D eigenvalue weighted by atomic mass is 16.4. The van der Waals surface area contributed by atoms with Gasteiger partial charge in [0.1, 0.15) is 5.76 Å². The number of furan rings is 1. The van der Waals surface area contributed by atoms with Gasteiger partial charge in [0.2, 0.25) is 0 Å².